The van der Waals surface area contributed by atoms with E-state index in [4.69, 9.17) is 0 Å². The van der Waals surface area contributed by atoms with Gasteiger partial charge in [0.15, 0.2) is 5.78 Å². The molecule has 65 valence electrons. The third kappa shape index (κ3) is 2.53. The zero-order chi connectivity index (χ0) is 8.81. The van der Waals surface area contributed by atoms with Gasteiger partial charge in [0.2, 0.25) is 0 Å². The van der Waals surface area contributed by atoms with Crippen LogP contribution in [0, 0.1) is 6.92 Å². The lowest BCUT2D eigenvalue weighted by Crippen LogP contribution is -1.98. The van der Waals surface area contributed by atoms with Gasteiger partial charge in [-0.3, -0.25) is 4.79 Å². The molecule has 0 aliphatic carbocycles. The predicted octanol–water partition coefficient (Wildman–Crippen LogP) is 2.59. The van der Waals surface area contributed by atoms with E-state index in [0.29, 0.717) is 6.42 Å². The summed E-state index contributed by atoms with van der Waals surface area (Å²) in [4.78, 5) is 14.2. The van der Waals surface area contributed by atoms with Crippen molar-refractivity contribution in [2.45, 2.75) is 25.7 Å². The number of carbonyl (C=O) groups is 1. The maximum Gasteiger partial charge on any atom is 0.178 e. The quantitative estimate of drug-likeness (QED) is 0.526. The summed E-state index contributed by atoms with van der Waals surface area (Å²) in [6.07, 6.45) is 5.30. The lowest BCUT2D eigenvalue weighted by molar-refractivity contribution is 0.0975. The van der Waals surface area contributed by atoms with E-state index in [0.717, 1.165) is 25.0 Å². The molecular weight excluding hydrogens is 150 g/mol. The fraction of sp³-hybridized carbons (Fsp3) is 0.400. The zero-order valence-corrected chi connectivity index (χ0v) is 7.18. The Morgan fingerprint density at radius 2 is 2.33 bits per heavy atom. The maximum atomic E-state index is 11.3. The van der Waals surface area contributed by atoms with Crippen molar-refractivity contribution in [2.75, 3.05) is 0 Å². The Bertz CT molecular complexity index is 226. The van der Waals surface area contributed by atoms with E-state index in [2.05, 4.69) is 11.9 Å². The average molecular weight is 164 g/mol. The van der Waals surface area contributed by atoms with Gasteiger partial charge in [0.05, 0.1) is 5.69 Å². The Balaban J connectivity index is 2.30. The molecule has 12 heavy (non-hydrogen) atoms. The molecule has 0 aliphatic rings. The van der Waals surface area contributed by atoms with Gasteiger partial charge in [0.1, 0.15) is 0 Å². The fourth-order valence-electron chi connectivity index (χ4n) is 1.10. The zero-order valence-electron chi connectivity index (χ0n) is 7.18. The smallest absolute Gasteiger partial charge is 0.178 e. The molecule has 1 aromatic rings. The first kappa shape index (κ1) is 9.04. The van der Waals surface area contributed by atoms with Crippen LogP contribution in [0.3, 0.4) is 0 Å². The van der Waals surface area contributed by atoms with Crippen molar-refractivity contribution in [2.24, 2.45) is 0 Å². The van der Waals surface area contributed by atoms with Crippen molar-refractivity contribution in [1.82, 2.24) is 4.98 Å². The van der Waals surface area contributed by atoms with Gasteiger partial charge in [0.25, 0.3) is 0 Å². The molecular formula is C10H14NO. The second kappa shape index (κ2) is 4.75. The number of rotatable bonds is 5. The number of hydrogen-bond donors (Lipinski definition) is 1. The third-order valence-corrected chi connectivity index (χ3v) is 1.80. The molecule has 0 aliphatic heterocycles. The molecule has 1 aromatic heterocycles. The summed E-state index contributed by atoms with van der Waals surface area (Å²) in [5.41, 5.74) is 0.721. The van der Waals surface area contributed by atoms with Gasteiger partial charge in [-0.15, -0.1) is 0 Å². The van der Waals surface area contributed by atoms with Crippen LogP contribution < -0.4 is 0 Å². The van der Waals surface area contributed by atoms with E-state index in [1.807, 2.05) is 12.1 Å². The summed E-state index contributed by atoms with van der Waals surface area (Å²) < 4.78 is 0. The Morgan fingerprint density at radius 1 is 1.50 bits per heavy atom. The first-order valence-electron chi connectivity index (χ1n) is 4.30. The van der Waals surface area contributed by atoms with Gasteiger partial charge in [-0.25, -0.2) is 0 Å². The first-order valence-corrected chi connectivity index (χ1v) is 4.30. The monoisotopic (exact) mass is 164 g/mol. The summed E-state index contributed by atoms with van der Waals surface area (Å²) in [6.45, 7) is 3.73. The lowest BCUT2D eigenvalue weighted by Gasteiger charge is -1.96. The van der Waals surface area contributed by atoms with Crippen LogP contribution in [0.5, 0.6) is 0 Å². The van der Waals surface area contributed by atoms with Crippen LogP contribution in [0.15, 0.2) is 18.3 Å². The van der Waals surface area contributed by atoms with E-state index in [1.165, 1.54) is 0 Å². The molecule has 1 heterocycles. The number of ketones is 1. The average Bonchev–Trinajstić information content (AvgIpc) is 2.56. The molecule has 2 nitrogen and oxygen atoms in total. The molecule has 1 radical (unpaired) electrons. The lowest BCUT2D eigenvalue weighted by atomic mass is 10.1. The number of hydrogen-bond acceptors (Lipinski definition) is 1. The third-order valence-electron chi connectivity index (χ3n) is 1.80. The minimum Gasteiger partial charge on any atom is -0.359 e. The number of nitrogens with one attached hydrogen (secondary N) is 1. The van der Waals surface area contributed by atoms with E-state index < -0.39 is 0 Å². The Hall–Kier alpha value is -1.05. The topological polar surface area (TPSA) is 32.9 Å². The highest BCUT2D eigenvalue weighted by atomic mass is 16.1. The van der Waals surface area contributed by atoms with Crippen molar-refractivity contribution in [3.63, 3.8) is 0 Å². The predicted molar refractivity (Wildman–Crippen MR) is 48.9 cm³/mol. The fourth-order valence-corrected chi connectivity index (χ4v) is 1.10. The molecule has 0 bridgehead atoms. The summed E-state index contributed by atoms with van der Waals surface area (Å²) in [6, 6.07) is 3.65. The molecule has 1 rings (SSSR count). The highest BCUT2D eigenvalue weighted by molar-refractivity contribution is 5.94. The van der Waals surface area contributed by atoms with Crippen molar-refractivity contribution in [1.29, 1.82) is 0 Å². The van der Waals surface area contributed by atoms with Crippen molar-refractivity contribution in [3.05, 3.63) is 30.9 Å². The second-order valence-electron chi connectivity index (χ2n) is 2.82. The van der Waals surface area contributed by atoms with Gasteiger partial charge in [-0.2, -0.15) is 0 Å². The molecule has 0 saturated carbocycles. The molecule has 0 aromatic carbocycles. The minimum absolute atomic E-state index is 0.202. The molecule has 0 fully saturated rings. The normalized spacial score (nSPS) is 10.1. The molecule has 0 unspecified atom stereocenters. The Morgan fingerprint density at radius 3 is 2.92 bits per heavy atom. The molecule has 0 atom stereocenters. The van der Waals surface area contributed by atoms with Crippen LogP contribution in [0.2, 0.25) is 0 Å². The van der Waals surface area contributed by atoms with E-state index in [9.17, 15) is 4.79 Å². The van der Waals surface area contributed by atoms with Gasteiger partial charge in [0, 0.05) is 12.6 Å². The number of Topliss-reactive ketones (excluding diaryl/α,β-unsaturated/α-hetero) is 1. The summed E-state index contributed by atoms with van der Waals surface area (Å²) in [7, 11) is 0. The van der Waals surface area contributed by atoms with Crippen LogP contribution in [0.4, 0.5) is 0 Å². The number of unbranched alkanes of at least 4 members (excludes halogenated alkanes) is 2. The van der Waals surface area contributed by atoms with Gasteiger partial charge >= 0.3 is 0 Å². The summed E-state index contributed by atoms with van der Waals surface area (Å²) in [5.74, 6) is 0.202. The van der Waals surface area contributed by atoms with Crippen LogP contribution in [0.1, 0.15) is 36.2 Å². The van der Waals surface area contributed by atoms with E-state index in [1.54, 1.807) is 6.20 Å². The van der Waals surface area contributed by atoms with Crippen LogP contribution in [-0.4, -0.2) is 10.8 Å². The largest absolute Gasteiger partial charge is 0.359 e. The number of carbonyl (C=O) groups excluding carboxylic acids is 1. The van der Waals surface area contributed by atoms with Crippen LogP contribution in [0.25, 0.3) is 0 Å². The number of aromatic nitrogens is 1. The Labute approximate surface area is 73.0 Å². The summed E-state index contributed by atoms with van der Waals surface area (Å²) >= 11 is 0. The molecule has 1 N–H and O–H groups in total. The van der Waals surface area contributed by atoms with Gasteiger partial charge < -0.3 is 4.98 Å². The van der Waals surface area contributed by atoms with Crippen LogP contribution >= 0.6 is 0 Å². The van der Waals surface area contributed by atoms with E-state index in [-0.39, 0.29) is 5.78 Å². The molecule has 0 amide bonds. The highest BCUT2D eigenvalue weighted by Crippen LogP contribution is 2.05. The number of aromatic amines is 1. The minimum atomic E-state index is 0.202. The standard InChI is InChI=1S/C10H14NO/c1-2-3-4-7-10(12)9-6-5-8-11-9/h5-6,8,11H,1-4,7H2. The second-order valence-corrected chi connectivity index (χ2v) is 2.82. The highest BCUT2D eigenvalue weighted by Gasteiger charge is 2.04. The maximum absolute atomic E-state index is 11.3. The molecule has 0 spiro atoms. The summed E-state index contributed by atoms with van der Waals surface area (Å²) in [5, 5.41) is 0. The first-order chi connectivity index (χ1) is 5.84. The Kier molecular flexibility index (Phi) is 3.58. The van der Waals surface area contributed by atoms with Gasteiger partial charge in [-0.05, 0) is 18.6 Å². The van der Waals surface area contributed by atoms with Crippen molar-refractivity contribution >= 4 is 5.78 Å². The molecule has 0 saturated heterocycles. The molecule has 2 heteroatoms. The SMILES string of the molecule is [CH2]CCCCC(=O)c1ccc[nH]1. The van der Waals surface area contributed by atoms with Gasteiger partial charge in [-0.1, -0.05) is 19.8 Å². The van der Waals surface area contributed by atoms with Crippen LogP contribution in [-0.2, 0) is 0 Å². The van der Waals surface area contributed by atoms with Crippen molar-refractivity contribution < 1.29 is 4.79 Å². The van der Waals surface area contributed by atoms with Crippen molar-refractivity contribution in [3.8, 4) is 0 Å². The number of H-pyrrole nitrogens is 1. The van der Waals surface area contributed by atoms with E-state index >= 15 is 0 Å².